The summed E-state index contributed by atoms with van der Waals surface area (Å²) in [5.41, 5.74) is 13.0. The van der Waals surface area contributed by atoms with Gasteiger partial charge < -0.3 is 21.3 Å². The highest BCUT2D eigenvalue weighted by atomic mass is 16.5. The largest absolute Gasteiger partial charge is 0.487 e. The van der Waals surface area contributed by atoms with E-state index in [4.69, 9.17) is 21.3 Å². The van der Waals surface area contributed by atoms with Gasteiger partial charge in [0.15, 0.2) is 0 Å². The van der Waals surface area contributed by atoms with Gasteiger partial charge in [0.05, 0.1) is 11.3 Å². The molecule has 0 aromatic heterocycles. The second-order valence-corrected chi connectivity index (χ2v) is 4.01. The van der Waals surface area contributed by atoms with Crippen molar-refractivity contribution in [2.75, 3.05) is 11.5 Å². The third kappa shape index (κ3) is 2.77. The van der Waals surface area contributed by atoms with Crippen LogP contribution in [0.25, 0.3) is 0 Å². The summed E-state index contributed by atoms with van der Waals surface area (Å²) in [6.45, 7) is 0.0581. The number of carboxylic acids is 1. The minimum atomic E-state index is -1.04. The monoisotopic (exact) mass is 258 g/mol. The molecule has 19 heavy (non-hydrogen) atoms. The lowest BCUT2D eigenvalue weighted by atomic mass is 10.1. The van der Waals surface area contributed by atoms with Gasteiger partial charge >= 0.3 is 5.97 Å². The highest BCUT2D eigenvalue weighted by Gasteiger charge is 2.13. The van der Waals surface area contributed by atoms with Crippen LogP contribution >= 0.6 is 0 Å². The zero-order valence-corrected chi connectivity index (χ0v) is 10.2. The van der Waals surface area contributed by atoms with Crippen LogP contribution in [0.15, 0.2) is 42.5 Å². The van der Waals surface area contributed by atoms with Crippen molar-refractivity contribution in [3.05, 3.63) is 53.6 Å². The zero-order valence-electron chi connectivity index (χ0n) is 10.2. The van der Waals surface area contributed by atoms with Crippen LogP contribution in [-0.4, -0.2) is 11.1 Å². The molecule has 0 amide bonds. The number of carbonyl (C=O) groups is 1. The van der Waals surface area contributed by atoms with Gasteiger partial charge in [-0.2, -0.15) is 0 Å². The number of hydrogen-bond donors (Lipinski definition) is 3. The third-order valence-electron chi connectivity index (χ3n) is 2.73. The quantitative estimate of drug-likeness (QED) is 0.729. The topological polar surface area (TPSA) is 98.6 Å². The van der Waals surface area contributed by atoms with E-state index in [1.165, 1.54) is 6.07 Å². The van der Waals surface area contributed by atoms with Crippen LogP contribution in [0.3, 0.4) is 0 Å². The van der Waals surface area contributed by atoms with Crippen molar-refractivity contribution < 1.29 is 14.6 Å². The molecular formula is C14H14N2O3. The van der Waals surface area contributed by atoms with Crippen molar-refractivity contribution >= 4 is 17.3 Å². The number of para-hydroxylation sites is 2. The van der Waals surface area contributed by atoms with Gasteiger partial charge in [-0.3, -0.25) is 0 Å². The molecule has 2 aromatic rings. The lowest BCUT2D eigenvalue weighted by Gasteiger charge is -2.12. The predicted octanol–water partition coefficient (Wildman–Crippen LogP) is 2.13. The van der Waals surface area contributed by atoms with Gasteiger partial charge in [0.25, 0.3) is 0 Å². The maximum atomic E-state index is 11.1. The van der Waals surface area contributed by atoms with Gasteiger partial charge in [-0.25, -0.2) is 4.79 Å². The lowest BCUT2D eigenvalue weighted by Crippen LogP contribution is -2.09. The molecule has 98 valence electrons. The van der Waals surface area contributed by atoms with E-state index in [9.17, 15) is 4.79 Å². The zero-order chi connectivity index (χ0) is 13.8. The molecule has 0 unspecified atom stereocenters. The number of hydrogen-bond acceptors (Lipinski definition) is 4. The normalized spacial score (nSPS) is 10.1. The molecule has 5 N–H and O–H groups in total. The lowest BCUT2D eigenvalue weighted by molar-refractivity contribution is 0.0694. The Morgan fingerprint density at radius 1 is 1.05 bits per heavy atom. The third-order valence-corrected chi connectivity index (χ3v) is 2.73. The van der Waals surface area contributed by atoms with Crippen LogP contribution in [0, 0.1) is 0 Å². The Labute approximate surface area is 110 Å². The summed E-state index contributed by atoms with van der Waals surface area (Å²) in [6, 6.07) is 11.7. The first kappa shape index (κ1) is 12.8. The SMILES string of the molecule is Nc1ccccc1OCc1c(N)cccc1C(=O)O. The predicted molar refractivity (Wildman–Crippen MR) is 73.0 cm³/mol. The maximum Gasteiger partial charge on any atom is 0.336 e. The molecular weight excluding hydrogens is 244 g/mol. The van der Waals surface area contributed by atoms with Crippen LogP contribution in [0.4, 0.5) is 11.4 Å². The van der Waals surface area contributed by atoms with Crippen molar-refractivity contribution in [1.29, 1.82) is 0 Å². The molecule has 2 rings (SSSR count). The van der Waals surface area contributed by atoms with E-state index in [1.807, 2.05) is 0 Å². The summed E-state index contributed by atoms with van der Waals surface area (Å²) in [4.78, 5) is 11.1. The van der Waals surface area contributed by atoms with Crippen LogP contribution < -0.4 is 16.2 Å². The first-order valence-electron chi connectivity index (χ1n) is 5.67. The second-order valence-electron chi connectivity index (χ2n) is 4.01. The molecule has 0 saturated carbocycles. The molecule has 0 bridgehead atoms. The summed E-state index contributed by atoms with van der Waals surface area (Å²) >= 11 is 0. The average molecular weight is 258 g/mol. The number of benzene rings is 2. The number of rotatable bonds is 4. The molecule has 0 aliphatic carbocycles. The molecule has 0 fully saturated rings. The highest BCUT2D eigenvalue weighted by Crippen LogP contribution is 2.24. The van der Waals surface area contributed by atoms with Crippen molar-refractivity contribution in [3.8, 4) is 5.75 Å². The number of nitrogens with two attached hydrogens (primary N) is 2. The fourth-order valence-corrected chi connectivity index (χ4v) is 1.73. The number of carboxylic acid groups (broad SMARTS) is 1. The molecule has 5 heteroatoms. The van der Waals surface area contributed by atoms with E-state index >= 15 is 0 Å². The Bertz CT molecular complexity index is 611. The van der Waals surface area contributed by atoms with Crippen LogP contribution in [0.5, 0.6) is 5.75 Å². The summed E-state index contributed by atoms with van der Waals surface area (Å²) < 4.78 is 5.53. The molecule has 0 atom stereocenters. The number of nitrogen functional groups attached to an aromatic ring is 2. The van der Waals surface area contributed by atoms with Crippen molar-refractivity contribution in [2.45, 2.75) is 6.61 Å². The van der Waals surface area contributed by atoms with Gasteiger partial charge in [0.1, 0.15) is 12.4 Å². The van der Waals surface area contributed by atoms with E-state index < -0.39 is 5.97 Å². The standard InChI is InChI=1S/C14H14N2O3/c15-11-6-3-4-9(14(17)18)10(11)8-19-13-7-2-1-5-12(13)16/h1-7H,8,15-16H2,(H,17,18). The van der Waals surface area contributed by atoms with Crippen LogP contribution in [-0.2, 0) is 6.61 Å². The number of aromatic carboxylic acids is 1. The van der Waals surface area contributed by atoms with Gasteiger partial charge in [0, 0.05) is 11.3 Å². The molecule has 2 aromatic carbocycles. The van der Waals surface area contributed by atoms with E-state index in [0.717, 1.165) is 0 Å². The maximum absolute atomic E-state index is 11.1. The number of ether oxygens (including phenoxy) is 1. The minimum absolute atomic E-state index is 0.0581. The van der Waals surface area contributed by atoms with Gasteiger partial charge in [-0.05, 0) is 24.3 Å². The molecule has 0 spiro atoms. The van der Waals surface area contributed by atoms with E-state index in [0.29, 0.717) is 22.7 Å². The summed E-state index contributed by atoms with van der Waals surface area (Å²) in [7, 11) is 0. The fourth-order valence-electron chi connectivity index (χ4n) is 1.73. The van der Waals surface area contributed by atoms with Crippen molar-refractivity contribution in [3.63, 3.8) is 0 Å². The molecule has 0 saturated heterocycles. The first-order chi connectivity index (χ1) is 9.09. The van der Waals surface area contributed by atoms with Crippen molar-refractivity contribution in [1.82, 2.24) is 0 Å². The summed E-state index contributed by atoms with van der Waals surface area (Å²) in [5, 5.41) is 9.11. The Kier molecular flexibility index (Phi) is 3.56. The Morgan fingerprint density at radius 3 is 2.42 bits per heavy atom. The smallest absolute Gasteiger partial charge is 0.336 e. The Morgan fingerprint density at radius 2 is 1.74 bits per heavy atom. The van der Waals surface area contributed by atoms with E-state index in [-0.39, 0.29) is 12.2 Å². The second kappa shape index (κ2) is 5.30. The molecule has 0 aliphatic heterocycles. The molecule has 0 radical (unpaired) electrons. The summed E-state index contributed by atoms with van der Waals surface area (Å²) in [5.74, 6) is -0.533. The van der Waals surface area contributed by atoms with E-state index in [1.54, 1.807) is 36.4 Å². The van der Waals surface area contributed by atoms with Crippen molar-refractivity contribution in [2.24, 2.45) is 0 Å². The average Bonchev–Trinajstić information content (AvgIpc) is 2.38. The molecule has 5 nitrogen and oxygen atoms in total. The number of anilines is 2. The minimum Gasteiger partial charge on any atom is -0.487 e. The fraction of sp³-hybridized carbons (Fsp3) is 0.0714. The molecule has 0 aliphatic rings. The first-order valence-corrected chi connectivity index (χ1v) is 5.67. The van der Waals surface area contributed by atoms with Gasteiger partial charge in [-0.1, -0.05) is 18.2 Å². The van der Waals surface area contributed by atoms with Gasteiger partial charge in [0.2, 0.25) is 0 Å². The molecule has 0 heterocycles. The van der Waals surface area contributed by atoms with Crippen LogP contribution in [0.2, 0.25) is 0 Å². The Balaban J connectivity index is 2.25. The Hall–Kier alpha value is -2.69. The van der Waals surface area contributed by atoms with Gasteiger partial charge in [-0.15, -0.1) is 0 Å². The highest BCUT2D eigenvalue weighted by molar-refractivity contribution is 5.91. The van der Waals surface area contributed by atoms with Crippen LogP contribution in [0.1, 0.15) is 15.9 Å². The van der Waals surface area contributed by atoms with E-state index in [2.05, 4.69) is 0 Å². The summed E-state index contributed by atoms with van der Waals surface area (Å²) in [6.07, 6.45) is 0.